The smallest absolute Gasteiger partial charge is 0.846 e. The molecule has 0 atom stereocenters. The first-order chi connectivity index (χ1) is 8.67. The zero-order valence-corrected chi connectivity index (χ0v) is 16.4. The maximum Gasteiger partial charge on any atom is 2.00 e. The van der Waals surface area contributed by atoms with Gasteiger partial charge in [-0.2, -0.15) is 0 Å². The molecule has 0 amide bonds. The van der Waals surface area contributed by atoms with Gasteiger partial charge in [0.1, 0.15) is 0 Å². The maximum atomic E-state index is 11.2. The Labute approximate surface area is 141 Å². The third kappa shape index (κ3) is 16.0. The van der Waals surface area contributed by atoms with Crippen LogP contribution in [0.4, 0.5) is 0 Å². The number of aliphatic imine (C=N–C) groups is 2. The quantitative estimate of drug-likeness (QED) is 0.580. The van der Waals surface area contributed by atoms with Crippen LogP contribution in [0.25, 0.3) is 0 Å². The largest absolute Gasteiger partial charge is 2.00 e. The molecule has 0 spiro atoms. The molecule has 0 saturated carbocycles. The average Bonchev–Trinajstić information content (AvgIpc) is 2.13. The molecule has 1 radical (unpaired) electrons. The maximum absolute atomic E-state index is 11.2. The molecule has 0 fully saturated rings. The van der Waals surface area contributed by atoms with Gasteiger partial charge in [0.05, 0.1) is 0 Å². The summed E-state index contributed by atoms with van der Waals surface area (Å²) in [5.74, 6) is 0. The Kier molecular flexibility index (Phi) is 12.9. The Morgan fingerprint density at radius 2 is 0.905 bits per heavy atom. The molecule has 0 unspecified atom stereocenters. The molecule has 4 nitrogen and oxygen atoms in total. The van der Waals surface area contributed by atoms with Crippen LogP contribution >= 0.6 is 0 Å². The second kappa shape index (κ2) is 10.5. The van der Waals surface area contributed by atoms with E-state index in [0.29, 0.717) is 11.4 Å². The molecular weight excluding hydrogens is 307 g/mol. The van der Waals surface area contributed by atoms with Gasteiger partial charge in [-0.05, 0) is 53.0 Å². The molecule has 21 heavy (non-hydrogen) atoms. The third-order valence-corrected chi connectivity index (χ3v) is 2.65. The summed E-state index contributed by atoms with van der Waals surface area (Å²) < 4.78 is 0. The van der Waals surface area contributed by atoms with Gasteiger partial charge >= 0.3 is 17.1 Å². The van der Waals surface area contributed by atoms with E-state index >= 15 is 0 Å². The fourth-order valence-corrected chi connectivity index (χ4v) is 1.09. The molecule has 0 N–H and O–H groups in total. The van der Waals surface area contributed by atoms with E-state index in [1.807, 2.05) is 27.7 Å². The minimum Gasteiger partial charge on any atom is -0.846 e. The van der Waals surface area contributed by atoms with Gasteiger partial charge in [0.2, 0.25) is 0 Å². The van der Waals surface area contributed by atoms with Crippen LogP contribution in [0.2, 0.25) is 0 Å². The Bertz CT molecular complexity index is 301. The van der Waals surface area contributed by atoms with E-state index in [9.17, 15) is 10.2 Å². The van der Waals surface area contributed by atoms with Crippen LogP contribution in [-0.4, -0.2) is 34.7 Å². The summed E-state index contributed by atoms with van der Waals surface area (Å²) in [5, 5.41) is 22.4. The first-order valence-corrected chi connectivity index (χ1v) is 7.18. The van der Waals surface area contributed by atoms with Crippen LogP contribution in [0.15, 0.2) is 9.98 Å². The van der Waals surface area contributed by atoms with E-state index in [1.54, 1.807) is 41.5 Å². The zero-order chi connectivity index (χ0) is 16.7. The molecule has 0 aromatic carbocycles. The molecule has 0 aromatic heterocycles. The van der Waals surface area contributed by atoms with E-state index in [2.05, 4.69) is 9.98 Å². The zero-order valence-electron chi connectivity index (χ0n) is 15.2. The van der Waals surface area contributed by atoms with Gasteiger partial charge in [0.25, 0.3) is 0 Å². The molecule has 0 heterocycles. The van der Waals surface area contributed by atoms with Crippen LogP contribution in [0.3, 0.4) is 0 Å². The van der Waals surface area contributed by atoms with Crippen molar-refractivity contribution in [2.45, 2.75) is 92.5 Å². The Morgan fingerprint density at radius 3 is 0.952 bits per heavy atom. The second-order valence-corrected chi connectivity index (χ2v) is 6.64. The van der Waals surface area contributed by atoms with Crippen molar-refractivity contribution in [2.24, 2.45) is 9.98 Å². The Morgan fingerprint density at radius 1 is 0.714 bits per heavy atom. The topological polar surface area (TPSA) is 70.8 Å². The third-order valence-electron chi connectivity index (χ3n) is 2.65. The van der Waals surface area contributed by atoms with Crippen LogP contribution in [0.1, 0.15) is 69.2 Å². The molecule has 0 aliphatic rings. The normalized spacial score (nSPS) is 13.8. The van der Waals surface area contributed by atoms with Crippen molar-refractivity contribution in [3.63, 3.8) is 0 Å². The summed E-state index contributed by atoms with van der Waals surface area (Å²) >= 11 is 0. The van der Waals surface area contributed by atoms with E-state index in [0.717, 1.165) is 0 Å². The molecule has 0 aliphatic heterocycles. The van der Waals surface area contributed by atoms with Crippen molar-refractivity contribution in [2.75, 3.05) is 0 Å². The Balaban J connectivity index is -0.000000295. The van der Waals surface area contributed by atoms with E-state index in [-0.39, 0.29) is 29.2 Å². The molecule has 0 bridgehead atoms. The number of rotatable bonds is 4. The van der Waals surface area contributed by atoms with Crippen LogP contribution in [0.5, 0.6) is 0 Å². The van der Waals surface area contributed by atoms with Crippen LogP contribution < -0.4 is 10.2 Å². The molecule has 0 aromatic rings. The van der Waals surface area contributed by atoms with E-state index < -0.39 is 11.2 Å². The predicted molar refractivity (Wildman–Crippen MR) is 84.6 cm³/mol. The summed E-state index contributed by atoms with van der Waals surface area (Å²) in [6.45, 7) is 18.0. The summed E-state index contributed by atoms with van der Waals surface area (Å²) in [4.78, 5) is 8.31. The molecule has 5 heteroatoms. The summed E-state index contributed by atoms with van der Waals surface area (Å²) in [7, 11) is 0. The van der Waals surface area contributed by atoms with Crippen molar-refractivity contribution < 1.29 is 27.3 Å². The minimum absolute atomic E-state index is 0. The van der Waals surface area contributed by atoms with Gasteiger partial charge in [-0.25, -0.2) is 0 Å². The van der Waals surface area contributed by atoms with Crippen LogP contribution in [0, 0.1) is 0 Å². The average molecular weight is 339 g/mol. The standard InChI is InChI=1S/2C8H16NO.Mn/c2*1-6(2)9-7(3)8(4,5)10;/h2*6H,1-5H3;/q2*-1;+2. The van der Waals surface area contributed by atoms with Crippen molar-refractivity contribution >= 4 is 11.4 Å². The number of hydrogen-bond acceptors (Lipinski definition) is 4. The van der Waals surface area contributed by atoms with E-state index in [1.165, 1.54) is 0 Å². The van der Waals surface area contributed by atoms with E-state index in [4.69, 9.17) is 0 Å². The Hall–Kier alpha value is -0.221. The minimum atomic E-state index is -1.01. The fourth-order valence-electron chi connectivity index (χ4n) is 1.09. The first kappa shape index (κ1) is 25.7. The molecule has 0 rings (SSSR count). The predicted octanol–water partition coefficient (Wildman–Crippen LogP) is 1.99. The van der Waals surface area contributed by atoms with Crippen molar-refractivity contribution in [1.29, 1.82) is 0 Å². The summed E-state index contributed by atoms with van der Waals surface area (Å²) in [5.41, 5.74) is -0.654. The molecule has 125 valence electrons. The van der Waals surface area contributed by atoms with Gasteiger partial charge in [0.15, 0.2) is 0 Å². The molecular formula is C16H32MnN2O2. The number of hydrogen-bond donors (Lipinski definition) is 0. The van der Waals surface area contributed by atoms with Crippen molar-refractivity contribution in [3.8, 4) is 0 Å². The molecule has 0 saturated heterocycles. The molecule has 0 aliphatic carbocycles. The van der Waals surface area contributed by atoms with Gasteiger partial charge in [-0.15, -0.1) is 0 Å². The van der Waals surface area contributed by atoms with Crippen molar-refractivity contribution in [1.82, 2.24) is 0 Å². The van der Waals surface area contributed by atoms with Gasteiger partial charge in [0, 0.05) is 12.1 Å². The first-order valence-electron chi connectivity index (χ1n) is 7.18. The van der Waals surface area contributed by atoms with Crippen molar-refractivity contribution in [3.05, 3.63) is 0 Å². The SMILES string of the molecule is CC(=NC(C)C)C(C)(C)[O-].CC(=NC(C)C)C(C)(C)[O-].[Mn+2]. The summed E-state index contributed by atoms with van der Waals surface area (Å²) in [6, 6.07) is 0.460. The fraction of sp³-hybridized carbons (Fsp3) is 0.875. The second-order valence-electron chi connectivity index (χ2n) is 6.64. The van der Waals surface area contributed by atoms with Gasteiger partial charge < -0.3 is 10.2 Å². The van der Waals surface area contributed by atoms with Gasteiger partial charge in [-0.1, -0.05) is 38.9 Å². The monoisotopic (exact) mass is 339 g/mol. The number of nitrogens with zero attached hydrogens (tertiary/aromatic N) is 2. The van der Waals surface area contributed by atoms with Crippen LogP contribution in [-0.2, 0) is 17.1 Å². The van der Waals surface area contributed by atoms with Gasteiger partial charge in [-0.3, -0.25) is 9.98 Å². The summed E-state index contributed by atoms with van der Waals surface area (Å²) in [6.07, 6.45) is 0.